The number of pyridine rings is 1. The number of nitrogens with one attached hydrogen (secondary N) is 1. The van der Waals surface area contributed by atoms with Crippen LogP contribution in [-0.4, -0.2) is 23.0 Å². The highest BCUT2D eigenvalue weighted by molar-refractivity contribution is 7.89. The van der Waals surface area contributed by atoms with Crippen LogP contribution in [0.5, 0.6) is 0 Å². The van der Waals surface area contributed by atoms with E-state index in [0.29, 0.717) is 6.20 Å². The minimum absolute atomic E-state index is 0.0812. The number of hydrogen-bond donors (Lipinski definition) is 1. The van der Waals surface area contributed by atoms with Crippen LogP contribution in [0.4, 0.5) is 17.6 Å². The Balaban J connectivity index is 1.99. The molecule has 1 atom stereocenters. The topological polar surface area (TPSA) is 76.9 Å². The van der Waals surface area contributed by atoms with E-state index in [1.54, 1.807) is 6.92 Å². The fourth-order valence-electron chi connectivity index (χ4n) is 2.81. The van der Waals surface area contributed by atoms with Gasteiger partial charge in [0.2, 0.25) is 10.0 Å². The average Bonchev–Trinajstić information content (AvgIpc) is 2.99. The molecule has 2 heterocycles. The molecular formula is C17H16F4N4O2S. The lowest BCUT2D eigenvalue weighted by Crippen LogP contribution is -2.28. The number of imidazole rings is 1. The van der Waals surface area contributed by atoms with E-state index in [1.807, 2.05) is 0 Å². The zero-order valence-corrected chi connectivity index (χ0v) is 15.6. The molecule has 6 nitrogen and oxygen atoms in total. The van der Waals surface area contributed by atoms with Crippen molar-refractivity contribution in [2.45, 2.75) is 37.5 Å². The molecule has 0 aliphatic rings. The van der Waals surface area contributed by atoms with Gasteiger partial charge in [0, 0.05) is 12.7 Å². The van der Waals surface area contributed by atoms with E-state index in [9.17, 15) is 26.0 Å². The van der Waals surface area contributed by atoms with Gasteiger partial charge in [0.15, 0.2) is 5.65 Å². The van der Waals surface area contributed by atoms with E-state index in [1.165, 1.54) is 11.5 Å². The molecule has 3 rings (SSSR count). The van der Waals surface area contributed by atoms with Gasteiger partial charge in [-0.2, -0.15) is 13.2 Å². The number of sulfonamides is 1. The monoisotopic (exact) mass is 416 g/mol. The summed E-state index contributed by atoms with van der Waals surface area (Å²) >= 11 is 0. The molecule has 0 saturated carbocycles. The number of hydrogen-bond acceptors (Lipinski definition) is 4. The van der Waals surface area contributed by atoms with Crippen molar-refractivity contribution in [2.75, 3.05) is 0 Å². The molecule has 0 saturated heterocycles. The Bertz CT molecular complexity index is 1110. The predicted octanol–water partition coefficient (Wildman–Crippen LogP) is 3.65. The van der Waals surface area contributed by atoms with E-state index in [2.05, 4.69) is 14.7 Å². The molecule has 2 aromatic heterocycles. The maximum Gasteiger partial charge on any atom is 0.417 e. The SMILES string of the molecule is CCn1c([C@@H](C)NS(=O)(=O)c2ccc(F)cc2)nc2ncc(C(F)(F)F)cc21. The van der Waals surface area contributed by atoms with Crippen LogP contribution in [0.25, 0.3) is 11.2 Å². The summed E-state index contributed by atoms with van der Waals surface area (Å²) in [4.78, 5) is 7.81. The highest BCUT2D eigenvalue weighted by Crippen LogP contribution is 2.31. The van der Waals surface area contributed by atoms with Crippen LogP contribution in [0.1, 0.15) is 31.3 Å². The van der Waals surface area contributed by atoms with Gasteiger partial charge in [-0.3, -0.25) is 0 Å². The Kier molecular flexibility index (Phi) is 5.15. The Morgan fingerprint density at radius 2 is 1.86 bits per heavy atom. The van der Waals surface area contributed by atoms with Gasteiger partial charge in [0.25, 0.3) is 0 Å². The number of aromatic nitrogens is 3. The van der Waals surface area contributed by atoms with Gasteiger partial charge in [-0.1, -0.05) is 0 Å². The standard InChI is InChI=1S/C17H16F4N4O2S/c1-3-25-14-8-11(17(19,20)21)9-22-15(14)23-16(25)10(2)24-28(26,27)13-6-4-12(18)5-7-13/h4-10,24H,3H2,1-2H3/t10-/m1/s1. The first-order chi connectivity index (χ1) is 13.0. The number of nitrogens with zero attached hydrogens (tertiary/aromatic N) is 3. The highest BCUT2D eigenvalue weighted by atomic mass is 32.2. The van der Waals surface area contributed by atoms with Crippen molar-refractivity contribution in [2.24, 2.45) is 0 Å². The second-order valence-electron chi connectivity index (χ2n) is 6.08. The molecule has 150 valence electrons. The molecule has 0 bridgehead atoms. The summed E-state index contributed by atoms with van der Waals surface area (Å²) in [6.45, 7) is 3.47. The Labute approximate surface area is 158 Å². The van der Waals surface area contributed by atoms with Crippen molar-refractivity contribution in [3.8, 4) is 0 Å². The molecule has 0 fully saturated rings. The summed E-state index contributed by atoms with van der Waals surface area (Å²) in [5.74, 6) is -0.360. The Hall–Kier alpha value is -2.53. The highest BCUT2D eigenvalue weighted by Gasteiger charge is 2.32. The summed E-state index contributed by atoms with van der Waals surface area (Å²) < 4.78 is 80.8. The number of alkyl halides is 3. The first-order valence-electron chi connectivity index (χ1n) is 8.24. The Morgan fingerprint density at radius 1 is 1.21 bits per heavy atom. The lowest BCUT2D eigenvalue weighted by atomic mass is 10.2. The van der Waals surface area contributed by atoms with Crippen molar-refractivity contribution in [3.05, 3.63) is 53.7 Å². The third kappa shape index (κ3) is 3.85. The molecule has 3 aromatic rings. The summed E-state index contributed by atoms with van der Waals surface area (Å²) in [5.41, 5.74) is -0.682. The van der Waals surface area contributed by atoms with Crippen LogP contribution in [0, 0.1) is 5.82 Å². The number of benzene rings is 1. The van der Waals surface area contributed by atoms with Gasteiger partial charge in [0.05, 0.1) is 22.0 Å². The molecule has 0 unspecified atom stereocenters. The van der Waals surface area contributed by atoms with E-state index in [0.717, 1.165) is 30.3 Å². The number of rotatable bonds is 5. The minimum Gasteiger partial charge on any atom is -0.326 e. The van der Waals surface area contributed by atoms with Crippen molar-refractivity contribution in [1.82, 2.24) is 19.3 Å². The largest absolute Gasteiger partial charge is 0.417 e. The summed E-state index contributed by atoms with van der Waals surface area (Å²) in [6.07, 6.45) is -3.87. The van der Waals surface area contributed by atoms with Gasteiger partial charge in [-0.15, -0.1) is 0 Å². The molecule has 0 radical (unpaired) electrons. The second-order valence-corrected chi connectivity index (χ2v) is 7.79. The third-order valence-corrected chi connectivity index (χ3v) is 5.68. The maximum atomic E-state index is 13.0. The molecule has 11 heteroatoms. The first kappa shape index (κ1) is 20.2. The van der Waals surface area contributed by atoms with E-state index in [4.69, 9.17) is 0 Å². The van der Waals surface area contributed by atoms with Crippen LogP contribution in [0.3, 0.4) is 0 Å². The zero-order valence-electron chi connectivity index (χ0n) is 14.8. The number of fused-ring (bicyclic) bond motifs is 1. The Morgan fingerprint density at radius 3 is 2.43 bits per heavy atom. The van der Waals surface area contributed by atoms with Gasteiger partial charge in [-0.25, -0.2) is 27.5 Å². The van der Waals surface area contributed by atoms with Crippen molar-refractivity contribution >= 4 is 21.2 Å². The van der Waals surface area contributed by atoms with Crippen LogP contribution in [0.2, 0.25) is 0 Å². The predicted molar refractivity (Wildman–Crippen MR) is 93.3 cm³/mol. The van der Waals surface area contributed by atoms with Crippen LogP contribution >= 0.6 is 0 Å². The number of halogens is 4. The normalized spacial score (nSPS) is 13.8. The molecule has 0 spiro atoms. The quantitative estimate of drug-likeness (QED) is 0.644. The lowest BCUT2D eigenvalue weighted by Gasteiger charge is -2.15. The lowest BCUT2D eigenvalue weighted by molar-refractivity contribution is -0.137. The zero-order chi connectivity index (χ0) is 20.7. The summed E-state index contributed by atoms with van der Waals surface area (Å²) in [7, 11) is -3.99. The molecule has 0 aliphatic carbocycles. The van der Waals surface area contributed by atoms with Crippen LogP contribution in [-0.2, 0) is 22.7 Å². The average molecular weight is 416 g/mol. The second kappa shape index (κ2) is 7.13. The third-order valence-electron chi connectivity index (χ3n) is 4.12. The van der Waals surface area contributed by atoms with Gasteiger partial charge >= 0.3 is 6.18 Å². The van der Waals surface area contributed by atoms with E-state index in [-0.39, 0.29) is 28.4 Å². The summed E-state index contributed by atoms with van der Waals surface area (Å²) in [5, 5.41) is 0. The van der Waals surface area contributed by atoms with Crippen molar-refractivity contribution in [1.29, 1.82) is 0 Å². The number of aryl methyl sites for hydroxylation is 1. The molecule has 1 N–H and O–H groups in total. The van der Waals surface area contributed by atoms with E-state index < -0.39 is 33.6 Å². The summed E-state index contributed by atoms with van der Waals surface area (Å²) in [6, 6.07) is 4.34. The smallest absolute Gasteiger partial charge is 0.326 e. The van der Waals surface area contributed by atoms with E-state index >= 15 is 0 Å². The van der Waals surface area contributed by atoms with Crippen LogP contribution < -0.4 is 4.72 Å². The fraction of sp³-hybridized carbons (Fsp3) is 0.294. The molecule has 28 heavy (non-hydrogen) atoms. The first-order valence-corrected chi connectivity index (χ1v) is 9.72. The van der Waals surface area contributed by atoms with Gasteiger partial charge in [-0.05, 0) is 44.2 Å². The van der Waals surface area contributed by atoms with Crippen LogP contribution in [0.15, 0.2) is 41.4 Å². The molecular weight excluding hydrogens is 400 g/mol. The molecule has 0 amide bonds. The van der Waals surface area contributed by atoms with Crippen molar-refractivity contribution < 1.29 is 26.0 Å². The molecule has 1 aromatic carbocycles. The minimum atomic E-state index is -4.56. The maximum absolute atomic E-state index is 13.0. The van der Waals surface area contributed by atoms with Crippen molar-refractivity contribution in [3.63, 3.8) is 0 Å². The van der Waals surface area contributed by atoms with Gasteiger partial charge in [0.1, 0.15) is 11.6 Å². The fourth-order valence-corrected chi connectivity index (χ4v) is 4.01. The molecule has 0 aliphatic heterocycles. The van der Waals surface area contributed by atoms with Gasteiger partial charge < -0.3 is 4.57 Å².